The number of nitrogens with one attached hydrogen (secondary N) is 1. The highest BCUT2D eigenvalue weighted by atomic mass is 32.2. The second-order valence-corrected chi connectivity index (χ2v) is 7.12. The van der Waals surface area contributed by atoms with Gasteiger partial charge in [-0.3, -0.25) is 4.79 Å². The van der Waals surface area contributed by atoms with Gasteiger partial charge in [0.2, 0.25) is 5.91 Å². The van der Waals surface area contributed by atoms with Crippen molar-refractivity contribution in [2.75, 3.05) is 11.1 Å². The summed E-state index contributed by atoms with van der Waals surface area (Å²) in [5.41, 5.74) is 1.92. The van der Waals surface area contributed by atoms with Crippen molar-refractivity contribution in [1.29, 1.82) is 0 Å². The van der Waals surface area contributed by atoms with E-state index >= 15 is 0 Å². The monoisotopic (exact) mass is 370 g/mol. The molecule has 1 N–H and O–H groups in total. The zero-order valence-electron chi connectivity index (χ0n) is 11.3. The summed E-state index contributed by atoms with van der Waals surface area (Å²) in [6.45, 7) is 0. The minimum absolute atomic E-state index is 0.0602. The molecule has 0 saturated carbocycles. The quantitative estimate of drug-likeness (QED) is 0.694. The van der Waals surface area contributed by atoms with Crippen molar-refractivity contribution >= 4 is 45.5 Å². The van der Waals surface area contributed by atoms with Gasteiger partial charge in [-0.25, -0.2) is 13.8 Å². The Kier molecular flexibility index (Phi) is 4.94. The van der Waals surface area contributed by atoms with Gasteiger partial charge in [0.05, 0.1) is 11.4 Å². The van der Waals surface area contributed by atoms with E-state index in [4.69, 9.17) is 0 Å². The van der Waals surface area contributed by atoms with E-state index in [9.17, 15) is 13.6 Å². The molecule has 0 aliphatic heterocycles. The molecule has 3 aromatic rings. The van der Waals surface area contributed by atoms with Gasteiger partial charge >= 0.3 is 0 Å². The van der Waals surface area contributed by atoms with Crippen molar-refractivity contribution in [1.82, 2.24) is 15.2 Å². The molecule has 0 radical (unpaired) electrons. The summed E-state index contributed by atoms with van der Waals surface area (Å²) in [5, 5.41) is 12.0. The van der Waals surface area contributed by atoms with Gasteiger partial charge in [0, 0.05) is 10.9 Å². The molecule has 2 aromatic heterocycles. The topological polar surface area (TPSA) is 67.8 Å². The van der Waals surface area contributed by atoms with Crippen LogP contribution in [0.1, 0.15) is 0 Å². The van der Waals surface area contributed by atoms with E-state index in [1.54, 1.807) is 10.9 Å². The van der Waals surface area contributed by atoms with Crippen molar-refractivity contribution in [3.8, 4) is 11.3 Å². The highest BCUT2D eigenvalue weighted by molar-refractivity contribution is 8.01. The molecule has 0 aliphatic carbocycles. The molecule has 0 fully saturated rings. The number of amides is 1. The van der Waals surface area contributed by atoms with Crippen LogP contribution in [0, 0.1) is 11.6 Å². The van der Waals surface area contributed by atoms with Gasteiger partial charge in [0.25, 0.3) is 0 Å². The van der Waals surface area contributed by atoms with Gasteiger partial charge in [0.1, 0.15) is 17.1 Å². The van der Waals surface area contributed by atoms with Crippen LogP contribution in [0.15, 0.2) is 33.4 Å². The Hall–Kier alpha value is -1.91. The van der Waals surface area contributed by atoms with Crippen LogP contribution in [0.2, 0.25) is 0 Å². The van der Waals surface area contributed by atoms with Crippen LogP contribution in [0.3, 0.4) is 0 Å². The number of halogens is 2. The maximum Gasteiger partial charge on any atom is 0.236 e. The molecule has 118 valence electrons. The van der Waals surface area contributed by atoms with Crippen molar-refractivity contribution < 1.29 is 13.6 Å². The Morgan fingerprint density at radius 1 is 1.30 bits per heavy atom. The second-order valence-electron chi connectivity index (χ2n) is 4.20. The number of thioether (sulfide) groups is 1. The number of anilines is 1. The summed E-state index contributed by atoms with van der Waals surface area (Å²) < 4.78 is 27.6. The number of carbonyl (C=O) groups excluding carboxylic acids is 1. The first-order valence-electron chi connectivity index (χ1n) is 6.21. The number of thiazole rings is 1. The van der Waals surface area contributed by atoms with E-state index in [0.29, 0.717) is 9.47 Å². The molecule has 1 aromatic carbocycles. The Labute approximate surface area is 141 Å². The minimum atomic E-state index is -0.568. The smallest absolute Gasteiger partial charge is 0.236 e. The first-order chi connectivity index (χ1) is 11.1. The van der Waals surface area contributed by atoms with E-state index in [1.165, 1.54) is 23.1 Å². The van der Waals surface area contributed by atoms with E-state index in [0.717, 1.165) is 29.5 Å². The minimum Gasteiger partial charge on any atom is -0.301 e. The molecule has 1 amide bonds. The zero-order chi connectivity index (χ0) is 16.2. The summed E-state index contributed by atoms with van der Waals surface area (Å²) in [4.78, 5) is 15.9. The van der Waals surface area contributed by atoms with Crippen LogP contribution in [0.4, 0.5) is 13.9 Å². The summed E-state index contributed by atoms with van der Waals surface area (Å²) in [6.07, 6.45) is 0. The van der Waals surface area contributed by atoms with Gasteiger partial charge in [-0.05, 0) is 18.2 Å². The SMILES string of the molecule is O=C(CSc1nncs1)Nc1nc(-c2cc(F)ccc2F)cs1. The first kappa shape index (κ1) is 16.0. The Bertz CT molecular complexity index is 823. The lowest BCUT2D eigenvalue weighted by molar-refractivity contribution is -0.113. The lowest BCUT2D eigenvalue weighted by atomic mass is 10.1. The normalized spacial score (nSPS) is 10.7. The fourth-order valence-corrected chi connectivity index (χ4v) is 3.67. The predicted molar refractivity (Wildman–Crippen MR) is 86.7 cm³/mol. The molecule has 0 bridgehead atoms. The third-order valence-corrected chi connectivity index (χ3v) is 5.24. The number of benzene rings is 1. The Morgan fingerprint density at radius 3 is 2.96 bits per heavy atom. The molecule has 10 heteroatoms. The lowest BCUT2D eigenvalue weighted by Crippen LogP contribution is -2.13. The average molecular weight is 370 g/mol. The van der Waals surface area contributed by atoms with Crippen LogP contribution in [0.25, 0.3) is 11.3 Å². The fraction of sp³-hybridized carbons (Fsp3) is 0.0769. The predicted octanol–water partition coefficient (Wildman–Crippen LogP) is 3.67. The first-order valence-corrected chi connectivity index (χ1v) is 8.96. The summed E-state index contributed by atoms with van der Waals surface area (Å²) >= 11 is 3.75. The van der Waals surface area contributed by atoms with E-state index in [1.807, 2.05) is 0 Å². The second kappa shape index (κ2) is 7.11. The highest BCUT2D eigenvalue weighted by Gasteiger charge is 2.12. The number of hydrogen-bond acceptors (Lipinski definition) is 7. The molecule has 0 saturated heterocycles. The largest absolute Gasteiger partial charge is 0.301 e. The van der Waals surface area contributed by atoms with E-state index in [-0.39, 0.29) is 22.9 Å². The standard InChI is InChI=1S/C13H8F2N4OS3/c14-7-1-2-9(15)8(3-7)10-4-21-12(17-10)18-11(20)5-22-13-19-16-6-23-13/h1-4,6H,5H2,(H,17,18,20). The van der Waals surface area contributed by atoms with Crippen LogP contribution in [-0.2, 0) is 4.79 Å². The lowest BCUT2D eigenvalue weighted by Gasteiger charge is -2.00. The molecule has 0 aliphatic rings. The number of rotatable bonds is 5. The third kappa shape index (κ3) is 4.09. The highest BCUT2D eigenvalue weighted by Crippen LogP contribution is 2.28. The van der Waals surface area contributed by atoms with Gasteiger partial charge in [-0.1, -0.05) is 23.1 Å². The molecule has 5 nitrogen and oxygen atoms in total. The maximum atomic E-state index is 13.7. The molecule has 0 spiro atoms. The average Bonchev–Trinajstić information content (AvgIpc) is 3.19. The summed E-state index contributed by atoms with van der Waals surface area (Å²) in [7, 11) is 0. The Morgan fingerprint density at radius 2 is 2.17 bits per heavy atom. The van der Waals surface area contributed by atoms with Crippen LogP contribution < -0.4 is 5.32 Å². The Balaban J connectivity index is 1.65. The fourth-order valence-electron chi connectivity index (χ4n) is 1.66. The number of aromatic nitrogens is 3. The molecular formula is C13H8F2N4OS3. The summed E-state index contributed by atoms with van der Waals surface area (Å²) in [6, 6.07) is 3.15. The molecule has 23 heavy (non-hydrogen) atoms. The molecule has 0 atom stereocenters. The van der Waals surface area contributed by atoms with E-state index in [2.05, 4.69) is 20.5 Å². The molecule has 3 rings (SSSR count). The van der Waals surface area contributed by atoms with Gasteiger partial charge in [0.15, 0.2) is 9.47 Å². The van der Waals surface area contributed by atoms with Crippen molar-refractivity contribution in [3.05, 3.63) is 40.7 Å². The zero-order valence-corrected chi connectivity index (χ0v) is 13.8. The van der Waals surface area contributed by atoms with Crippen LogP contribution in [0.5, 0.6) is 0 Å². The van der Waals surface area contributed by atoms with Gasteiger partial charge in [-0.2, -0.15) is 0 Å². The van der Waals surface area contributed by atoms with Gasteiger partial charge < -0.3 is 5.32 Å². The maximum absolute atomic E-state index is 13.7. The number of carbonyl (C=O) groups is 1. The van der Waals surface area contributed by atoms with Crippen molar-refractivity contribution in [2.45, 2.75) is 4.34 Å². The number of hydrogen-bond donors (Lipinski definition) is 1. The number of nitrogens with zero attached hydrogens (tertiary/aromatic N) is 3. The summed E-state index contributed by atoms with van der Waals surface area (Å²) in [5.74, 6) is -1.21. The van der Waals surface area contributed by atoms with E-state index < -0.39 is 11.6 Å². The van der Waals surface area contributed by atoms with Crippen LogP contribution >= 0.6 is 34.4 Å². The third-order valence-electron chi connectivity index (χ3n) is 2.62. The molecular weight excluding hydrogens is 362 g/mol. The van der Waals surface area contributed by atoms with Gasteiger partial charge in [-0.15, -0.1) is 21.5 Å². The van der Waals surface area contributed by atoms with Crippen molar-refractivity contribution in [3.63, 3.8) is 0 Å². The van der Waals surface area contributed by atoms with Crippen LogP contribution in [-0.4, -0.2) is 26.8 Å². The molecule has 2 heterocycles. The van der Waals surface area contributed by atoms with Crippen molar-refractivity contribution in [2.24, 2.45) is 0 Å². The molecule has 0 unspecified atom stereocenters.